The summed E-state index contributed by atoms with van der Waals surface area (Å²) in [6, 6.07) is 0. The van der Waals surface area contributed by atoms with E-state index in [4.69, 9.17) is 0 Å². The van der Waals surface area contributed by atoms with Gasteiger partial charge in [0.2, 0.25) is 0 Å². The lowest BCUT2D eigenvalue weighted by Gasteiger charge is -2.33. The lowest BCUT2D eigenvalue weighted by Crippen LogP contribution is -2.58. The minimum absolute atomic E-state index is 0.0684. The molecule has 0 aromatic rings. The van der Waals surface area contributed by atoms with Gasteiger partial charge < -0.3 is 4.74 Å². The Kier molecular flexibility index (Phi) is 4.83. The van der Waals surface area contributed by atoms with Crippen LogP contribution in [0.3, 0.4) is 0 Å². The van der Waals surface area contributed by atoms with Crippen LogP contribution >= 0.6 is 15.9 Å². The molecule has 0 spiro atoms. The molecule has 19 heavy (non-hydrogen) atoms. The lowest BCUT2D eigenvalue weighted by atomic mass is 10.3. The Morgan fingerprint density at radius 1 is 0.737 bits per heavy atom. The lowest BCUT2D eigenvalue weighted by molar-refractivity contribution is -0.470. The van der Waals surface area contributed by atoms with Crippen molar-refractivity contribution < 1.29 is 53.4 Å². The molecular weight excluding hydrogens is 374 g/mol. The molecule has 0 radical (unpaired) electrons. The molecule has 0 fully saturated rings. The maximum absolute atomic E-state index is 12.9. The fourth-order valence-corrected chi connectivity index (χ4v) is 0.933. The van der Waals surface area contributed by atoms with E-state index in [1.807, 2.05) is 0 Å². The summed E-state index contributed by atoms with van der Waals surface area (Å²) in [5.74, 6) is -6.91. The van der Waals surface area contributed by atoms with Crippen LogP contribution in [0.2, 0.25) is 0 Å². The van der Waals surface area contributed by atoms with Gasteiger partial charge in [0.05, 0.1) is 0 Å². The van der Waals surface area contributed by atoms with Gasteiger partial charge in [0.1, 0.15) is 0 Å². The molecule has 1 atom stereocenters. The van der Waals surface area contributed by atoms with E-state index in [0.29, 0.717) is 0 Å². The molecule has 0 saturated heterocycles. The summed E-state index contributed by atoms with van der Waals surface area (Å²) in [6.07, 6.45) is -18.7. The van der Waals surface area contributed by atoms with E-state index in [1.54, 1.807) is 0 Å². The number of ether oxygens (including phenoxy) is 2. The van der Waals surface area contributed by atoms with Gasteiger partial charge in [0, 0.05) is 7.11 Å². The number of halogens is 11. The monoisotopic (exact) mass is 376 g/mol. The van der Waals surface area contributed by atoms with Crippen molar-refractivity contribution in [1.82, 2.24) is 0 Å². The number of alkyl halides is 11. The van der Waals surface area contributed by atoms with Gasteiger partial charge in [0.25, 0.3) is 0 Å². The van der Waals surface area contributed by atoms with Crippen molar-refractivity contribution in [3.05, 3.63) is 0 Å². The molecule has 0 bridgehead atoms. The second-order valence-corrected chi connectivity index (χ2v) is 3.95. The largest absolute Gasteiger partial charge is 0.462 e. The van der Waals surface area contributed by atoms with Crippen molar-refractivity contribution >= 4 is 15.9 Å². The van der Waals surface area contributed by atoms with Crippen LogP contribution in [0.1, 0.15) is 0 Å². The zero-order valence-corrected chi connectivity index (χ0v) is 10.1. The predicted octanol–water partition coefficient (Wildman–Crippen LogP) is 4.05. The minimum Gasteiger partial charge on any atom is -0.319 e. The fourth-order valence-electron chi connectivity index (χ4n) is 0.568. The Morgan fingerprint density at radius 3 is 1.37 bits per heavy atom. The highest BCUT2D eigenvalue weighted by Crippen LogP contribution is 2.52. The Balaban J connectivity index is 5.39. The van der Waals surface area contributed by atoms with Crippen LogP contribution in [0.25, 0.3) is 0 Å². The first-order valence-corrected chi connectivity index (χ1v) is 4.64. The van der Waals surface area contributed by atoms with Gasteiger partial charge in [-0.1, -0.05) is 0 Å². The van der Waals surface area contributed by atoms with E-state index in [2.05, 4.69) is 9.47 Å². The predicted molar refractivity (Wildman–Crippen MR) is 41.8 cm³/mol. The number of methoxy groups -OCH3 is 1. The second-order valence-electron chi connectivity index (χ2n) is 2.93. The van der Waals surface area contributed by atoms with Gasteiger partial charge in [-0.15, -0.1) is 0 Å². The van der Waals surface area contributed by atoms with Gasteiger partial charge in [-0.25, -0.2) is 0 Å². The molecular formula is C6H3BrF10O2. The van der Waals surface area contributed by atoms with Gasteiger partial charge in [-0.05, 0) is 15.9 Å². The minimum atomic E-state index is -6.91. The quantitative estimate of drug-likeness (QED) is 0.532. The molecule has 13 heteroatoms. The second kappa shape index (κ2) is 4.91. The molecule has 0 saturated carbocycles. The zero-order valence-electron chi connectivity index (χ0n) is 8.47. The summed E-state index contributed by atoms with van der Waals surface area (Å²) in [7, 11) is 0.0684. The van der Waals surface area contributed by atoms with Crippen molar-refractivity contribution in [3.8, 4) is 0 Å². The third-order valence-electron chi connectivity index (χ3n) is 1.57. The topological polar surface area (TPSA) is 18.5 Å². The third-order valence-corrected chi connectivity index (χ3v) is 2.20. The maximum Gasteiger partial charge on any atom is 0.462 e. The summed E-state index contributed by atoms with van der Waals surface area (Å²) < 4.78 is 122. The van der Waals surface area contributed by atoms with E-state index >= 15 is 0 Å². The van der Waals surface area contributed by atoms with E-state index in [1.165, 1.54) is 0 Å². The van der Waals surface area contributed by atoms with Gasteiger partial charge in [-0.3, -0.25) is 4.74 Å². The fraction of sp³-hybridized carbons (Fsp3) is 1.00. The average molecular weight is 377 g/mol. The SMILES string of the molecule is COC(F)(F)C(F)(Br)OC(F)(F)C(F)(F)C(F)(F)F. The molecule has 1 unspecified atom stereocenters. The third kappa shape index (κ3) is 3.42. The molecule has 0 N–H and O–H groups in total. The molecule has 0 aliphatic heterocycles. The van der Waals surface area contributed by atoms with Crippen LogP contribution in [0, 0.1) is 0 Å². The van der Waals surface area contributed by atoms with E-state index in [0.717, 1.165) is 15.9 Å². The highest BCUT2D eigenvalue weighted by atomic mass is 79.9. The van der Waals surface area contributed by atoms with Crippen molar-refractivity contribution in [2.45, 2.75) is 29.1 Å². The Hall–Kier alpha value is -0.300. The van der Waals surface area contributed by atoms with Crippen LogP contribution in [0.5, 0.6) is 0 Å². The van der Waals surface area contributed by atoms with E-state index in [9.17, 15) is 43.9 Å². The van der Waals surface area contributed by atoms with Gasteiger partial charge >= 0.3 is 29.1 Å². The first-order chi connectivity index (χ1) is 8.02. The number of rotatable bonds is 5. The van der Waals surface area contributed by atoms with Crippen LogP contribution in [0.15, 0.2) is 0 Å². The molecule has 2 nitrogen and oxygen atoms in total. The normalized spacial score (nSPS) is 18.3. The molecule has 0 aromatic carbocycles. The van der Waals surface area contributed by atoms with Gasteiger partial charge in [-0.2, -0.15) is 43.9 Å². The number of hydrogen-bond acceptors (Lipinski definition) is 2. The van der Waals surface area contributed by atoms with E-state index < -0.39 is 29.1 Å². The molecule has 0 aliphatic carbocycles. The molecule has 0 heterocycles. The number of hydrogen-bond donors (Lipinski definition) is 0. The summed E-state index contributed by atoms with van der Waals surface area (Å²) in [4.78, 5) is 0. The molecule has 0 aliphatic rings. The highest BCUT2D eigenvalue weighted by Gasteiger charge is 2.78. The summed E-state index contributed by atoms with van der Waals surface area (Å²) in [5, 5.41) is 0. The molecule has 0 aromatic heterocycles. The maximum atomic E-state index is 12.9. The summed E-state index contributed by atoms with van der Waals surface area (Å²) in [5.41, 5.74) is 0. The van der Waals surface area contributed by atoms with Crippen molar-refractivity contribution in [2.24, 2.45) is 0 Å². The Bertz CT molecular complexity index is 324. The molecule has 116 valence electrons. The standard InChI is InChI=1S/C6H3BrF10O2/c1-18-6(16,17)3(7,10)19-5(14,15)2(8,9)4(11,12)13/h1H3. The van der Waals surface area contributed by atoms with Crippen LogP contribution in [-0.2, 0) is 9.47 Å². The zero-order chi connectivity index (χ0) is 15.9. The first-order valence-electron chi connectivity index (χ1n) is 3.85. The Labute approximate surface area is 106 Å². The van der Waals surface area contributed by atoms with Crippen molar-refractivity contribution in [1.29, 1.82) is 0 Å². The van der Waals surface area contributed by atoms with Crippen LogP contribution in [-0.4, -0.2) is 36.2 Å². The summed E-state index contributed by atoms with van der Waals surface area (Å²) in [6.45, 7) is 0. The van der Waals surface area contributed by atoms with Crippen molar-refractivity contribution in [2.75, 3.05) is 7.11 Å². The highest BCUT2D eigenvalue weighted by molar-refractivity contribution is 9.10. The first kappa shape index (κ1) is 18.7. The van der Waals surface area contributed by atoms with Gasteiger partial charge in [0.15, 0.2) is 0 Å². The smallest absolute Gasteiger partial charge is 0.319 e. The van der Waals surface area contributed by atoms with E-state index in [-0.39, 0.29) is 7.11 Å². The summed E-state index contributed by atoms with van der Waals surface area (Å²) >= 11 is 1.11. The van der Waals surface area contributed by atoms with Crippen LogP contribution < -0.4 is 0 Å². The van der Waals surface area contributed by atoms with Crippen LogP contribution in [0.4, 0.5) is 43.9 Å². The van der Waals surface area contributed by atoms with Crippen molar-refractivity contribution in [3.63, 3.8) is 0 Å². The Morgan fingerprint density at radius 2 is 1.11 bits per heavy atom. The molecule has 0 rings (SSSR count). The molecule has 0 amide bonds. The average Bonchev–Trinajstić information content (AvgIpc) is 2.13.